The molecular weight excluding hydrogens is 509 g/mol. The minimum Gasteiger partial charge on any atom is -0.490 e. The molecule has 1 aliphatic rings. The monoisotopic (exact) mass is 543 g/mol. The Morgan fingerprint density at radius 3 is 2.45 bits per heavy atom. The largest absolute Gasteiger partial charge is 0.490 e. The van der Waals surface area contributed by atoms with E-state index in [4.69, 9.17) is 21.1 Å². The Morgan fingerprint density at radius 1 is 1.11 bits per heavy atom. The van der Waals surface area contributed by atoms with E-state index in [0.29, 0.717) is 37.2 Å². The van der Waals surface area contributed by atoms with Gasteiger partial charge >= 0.3 is 6.09 Å². The molecule has 7 nitrogen and oxygen atoms in total. The SMILES string of the molecule is CC(C)NC(=O)Cn1c(-c2ccc(F)c(Cl)c2)cc2cc(OC3CCN(C(=O)OC(C)(C)C)CC3)ccc21. The molecule has 1 N–H and O–H groups in total. The molecule has 0 saturated carbocycles. The predicted molar refractivity (Wildman–Crippen MR) is 147 cm³/mol. The van der Waals surface area contributed by atoms with Crippen LogP contribution in [0.15, 0.2) is 42.5 Å². The van der Waals surface area contributed by atoms with Crippen LogP contribution < -0.4 is 10.1 Å². The van der Waals surface area contributed by atoms with Gasteiger partial charge in [-0.15, -0.1) is 0 Å². The Morgan fingerprint density at radius 2 is 1.82 bits per heavy atom. The van der Waals surface area contributed by atoms with Gasteiger partial charge in [-0.2, -0.15) is 0 Å². The highest BCUT2D eigenvalue weighted by atomic mass is 35.5. The first-order valence-electron chi connectivity index (χ1n) is 12.9. The van der Waals surface area contributed by atoms with Gasteiger partial charge in [0.25, 0.3) is 0 Å². The summed E-state index contributed by atoms with van der Waals surface area (Å²) in [4.78, 5) is 26.7. The second kappa shape index (κ2) is 11.2. The normalized spacial score (nSPS) is 14.7. The van der Waals surface area contributed by atoms with Crippen molar-refractivity contribution in [1.82, 2.24) is 14.8 Å². The fourth-order valence-corrected chi connectivity index (χ4v) is 4.75. The summed E-state index contributed by atoms with van der Waals surface area (Å²) in [6, 6.07) is 12.3. The maximum Gasteiger partial charge on any atom is 0.410 e. The number of carbonyl (C=O) groups is 2. The van der Waals surface area contributed by atoms with Crippen molar-refractivity contribution in [2.75, 3.05) is 13.1 Å². The Kier molecular flexibility index (Phi) is 8.21. The van der Waals surface area contributed by atoms with Crippen LogP contribution in [-0.4, -0.2) is 52.3 Å². The zero-order valence-electron chi connectivity index (χ0n) is 22.5. The summed E-state index contributed by atoms with van der Waals surface area (Å²) in [7, 11) is 0. The number of halogens is 2. The third kappa shape index (κ3) is 6.78. The Bertz CT molecular complexity index is 1320. The highest BCUT2D eigenvalue weighted by Crippen LogP contribution is 2.33. The van der Waals surface area contributed by atoms with Crippen LogP contribution in [0.25, 0.3) is 22.2 Å². The molecule has 0 spiro atoms. The Balaban J connectivity index is 1.55. The van der Waals surface area contributed by atoms with Gasteiger partial charge in [0.05, 0.1) is 5.02 Å². The van der Waals surface area contributed by atoms with Crippen LogP contribution in [-0.2, 0) is 16.1 Å². The number of likely N-dealkylation sites (tertiary alicyclic amines) is 1. The summed E-state index contributed by atoms with van der Waals surface area (Å²) in [5, 5.41) is 3.84. The molecule has 2 heterocycles. The van der Waals surface area contributed by atoms with E-state index in [1.54, 1.807) is 17.0 Å². The number of amides is 2. The van der Waals surface area contributed by atoms with Crippen molar-refractivity contribution < 1.29 is 23.5 Å². The molecule has 0 atom stereocenters. The lowest BCUT2D eigenvalue weighted by Gasteiger charge is -2.33. The average Bonchev–Trinajstić information content (AvgIpc) is 3.17. The van der Waals surface area contributed by atoms with Crippen LogP contribution in [0.4, 0.5) is 9.18 Å². The van der Waals surface area contributed by atoms with Crippen molar-refractivity contribution in [2.45, 2.75) is 71.8 Å². The number of aromatic nitrogens is 1. The summed E-state index contributed by atoms with van der Waals surface area (Å²) in [6.07, 6.45) is 1.08. The number of ether oxygens (including phenoxy) is 2. The lowest BCUT2D eigenvalue weighted by atomic mass is 10.1. The number of hydrogen-bond acceptors (Lipinski definition) is 4. The number of piperidine rings is 1. The molecular formula is C29H35ClFN3O4. The van der Waals surface area contributed by atoms with Gasteiger partial charge in [-0.3, -0.25) is 4.79 Å². The first-order valence-corrected chi connectivity index (χ1v) is 13.3. The standard InChI is InChI=1S/C29H35ClFN3O4/c1-18(2)32-27(35)17-34-25-9-7-22(14-20(25)16-26(34)19-6-8-24(31)23(30)15-19)37-21-10-12-33(13-11-21)28(36)38-29(3,4)5/h6-9,14-16,18,21H,10-13,17H2,1-5H3,(H,32,35). The summed E-state index contributed by atoms with van der Waals surface area (Å²) in [6.45, 7) is 10.6. The van der Waals surface area contributed by atoms with E-state index in [9.17, 15) is 14.0 Å². The second-order valence-corrected chi connectivity index (χ2v) is 11.4. The fraction of sp³-hybridized carbons (Fsp3) is 0.448. The highest BCUT2D eigenvalue weighted by Gasteiger charge is 2.28. The van der Waals surface area contributed by atoms with Gasteiger partial charge in [0, 0.05) is 48.6 Å². The third-order valence-corrected chi connectivity index (χ3v) is 6.53. The quantitative estimate of drug-likeness (QED) is 0.390. The van der Waals surface area contributed by atoms with Crippen LogP contribution in [0.2, 0.25) is 5.02 Å². The third-order valence-electron chi connectivity index (χ3n) is 6.24. The van der Waals surface area contributed by atoms with Crippen molar-refractivity contribution in [1.29, 1.82) is 0 Å². The van der Waals surface area contributed by atoms with E-state index >= 15 is 0 Å². The summed E-state index contributed by atoms with van der Waals surface area (Å²) >= 11 is 6.07. The number of nitrogens with zero attached hydrogens (tertiary/aromatic N) is 2. The van der Waals surface area contributed by atoms with Crippen LogP contribution >= 0.6 is 11.6 Å². The Labute approximate surface area is 227 Å². The maximum absolute atomic E-state index is 13.8. The summed E-state index contributed by atoms with van der Waals surface area (Å²) in [5.41, 5.74) is 1.79. The number of rotatable bonds is 6. The highest BCUT2D eigenvalue weighted by molar-refractivity contribution is 6.31. The Hall–Kier alpha value is -3.26. The molecule has 0 unspecified atom stereocenters. The maximum atomic E-state index is 13.8. The molecule has 1 aliphatic heterocycles. The van der Waals surface area contributed by atoms with Crippen LogP contribution in [0.3, 0.4) is 0 Å². The van der Waals surface area contributed by atoms with Crippen molar-refractivity contribution in [3.05, 3.63) is 53.3 Å². The topological polar surface area (TPSA) is 72.8 Å². The second-order valence-electron chi connectivity index (χ2n) is 11.0. The van der Waals surface area contributed by atoms with Crippen LogP contribution in [0.5, 0.6) is 5.75 Å². The molecule has 0 radical (unpaired) electrons. The van der Waals surface area contributed by atoms with E-state index in [0.717, 1.165) is 16.6 Å². The molecule has 38 heavy (non-hydrogen) atoms. The fourth-order valence-electron chi connectivity index (χ4n) is 4.57. The van der Waals surface area contributed by atoms with E-state index in [1.807, 2.05) is 63.5 Å². The first-order chi connectivity index (χ1) is 17.9. The molecule has 0 aliphatic carbocycles. The molecule has 4 rings (SSSR count). The van der Waals surface area contributed by atoms with Gasteiger partial charge < -0.3 is 24.3 Å². The molecule has 2 aromatic carbocycles. The molecule has 1 aromatic heterocycles. The molecule has 9 heteroatoms. The van der Waals surface area contributed by atoms with Gasteiger partial charge in [0.1, 0.15) is 29.8 Å². The summed E-state index contributed by atoms with van der Waals surface area (Å²) in [5.74, 6) is 0.0914. The van der Waals surface area contributed by atoms with Crippen molar-refractivity contribution in [3.8, 4) is 17.0 Å². The van der Waals surface area contributed by atoms with E-state index in [1.165, 1.54) is 6.07 Å². The van der Waals surface area contributed by atoms with E-state index in [2.05, 4.69) is 5.32 Å². The zero-order chi connectivity index (χ0) is 27.6. The molecule has 2 amide bonds. The minimum absolute atomic E-state index is 0.00906. The lowest BCUT2D eigenvalue weighted by Crippen LogP contribution is -2.44. The van der Waals surface area contributed by atoms with Crippen molar-refractivity contribution in [3.63, 3.8) is 0 Å². The summed E-state index contributed by atoms with van der Waals surface area (Å²) < 4.78 is 27.5. The van der Waals surface area contributed by atoms with Crippen LogP contribution in [0.1, 0.15) is 47.5 Å². The van der Waals surface area contributed by atoms with Gasteiger partial charge in [-0.05, 0) is 82.6 Å². The number of nitrogens with one attached hydrogen (secondary N) is 1. The van der Waals surface area contributed by atoms with Crippen molar-refractivity contribution >= 4 is 34.5 Å². The van der Waals surface area contributed by atoms with Gasteiger partial charge in [-0.1, -0.05) is 11.6 Å². The van der Waals surface area contributed by atoms with Crippen molar-refractivity contribution in [2.24, 2.45) is 0 Å². The minimum atomic E-state index is -0.524. The number of hydrogen-bond donors (Lipinski definition) is 1. The number of fused-ring (bicyclic) bond motifs is 1. The molecule has 1 fully saturated rings. The predicted octanol–water partition coefficient (Wildman–Crippen LogP) is 6.40. The molecule has 204 valence electrons. The smallest absolute Gasteiger partial charge is 0.410 e. The van der Waals surface area contributed by atoms with Gasteiger partial charge in [0.15, 0.2) is 0 Å². The number of benzene rings is 2. The average molecular weight is 544 g/mol. The van der Waals surface area contributed by atoms with E-state index < -0.39 is 11.4 Å². The molecule has 1 saturated heterocycles. The van der Waals surface area contributed by atoms with E-state index in [-0.39, 0.29) is 35.7 Å². The van der Waals surface area contributed by atoms with Gasteiger partial charge in [0.2, 0.25) is 5.91 Å². The first kappa shape index (κ1) is 27.8. The van der Waals surface area contributed by atoms with Gasteiger partial charge in [-0.25, -0.2) is 9.18 Å². The zero-order valence-corrected chi connectivity index (χ0v) is 23.3. The molecule has 0 bridgehead atoms. The molecule has 3 aromatic rings. The lowest BCUT2D eigenvalue weighted by molar-refractivity contribution is -0.122. The van der Waals surface area contributed by atoms with Crippen LogP contribution in [0, 0.1) is 5.82 Å². The number of carbonyl (C=O) groups excluding carboxylic acids is 2.